The van der Waals surface area contributed by atoms with Gasteiger partial charge in [-0.1, -0.05) is 97.1 Å². The number of anilines is 4. The number of ether oxygens (including phenoxy) is 4. The molecule has 1 aliphatic carbocycles. The summed E-state index contributed by atoms with van der Waals surface area (Å²) in [7, 11) is 0. The Morgan fingerprint density at radius 2 is 0.481 bits per heavy atom. The maximum atomic E-state index is 6.20. The minimum atomic E-state index is 0. The van der Waals surface area contributed by atoms with Gasteiger partial charge in [-0.15, -0.1) is 22.1 Å². The van der Waals surface area contributed by atoms with Gasteiger partial charge in [0.2, 0.25) is 0 Å². The Kier molecular flexibility index (Phi) is 11.9. The van der Waals surface area contributed by atoms with Crippen LogP contribution in [0.2, 0.25) is 0 Å². The maximum Gasteiger partial charge on any atom is 2.00 e. The van der Waals surface area contributed by atoms with E-state index in [1.54, 1.807) is 0 Å². The molecule has 0 N–H and O–H groups in total. The second-order valence-corrected chi connectivity index (χ2v) is 22.0. The van der Waals surface area contributed by atoms with Gasteiger partial charge in [-0.25, -0.2) is 9.97 Å². The quantitative estimate of drug-likeness (QED) is 0.168. The molecule has 6 aliphatic heterocycles. The van der Waals surface area contributed by atoms with Crippen LogP contribution in [0.25, 0.3) is 132 Å². The standard InChI is InChI=1S/C68H56N8O4.Pt/c1-2-10-42-34-50-49(33-41(42)9-1)57-65(73-17-25-77-26-18-73)59-51-35-43-11-3-4-12-44(43)36-52(51)61(70-59)67(75-21-29-79-30-22-75)63-55-39-47-15-7-8-16-48(47)40-56(55)64(72-63)68(76-23-31-80-32-24-76)62-54-38-46-14-6-5-13-45(46)37-53(54)60(71-62)66(58(50)69-57)74-19-27-78-28-20-74;/h1-16,33-40H,17-32H2;/q-2;+2. The number of nitrogens with zero attached hydrogens (tertiary/aromatic N) is 8. The summed E-state index contributed by atoms with van der Waals surface area (Å²) in [5, 5.41) is 13.6. The van der Waals surface area contributed by atoms with Gasteiger partial charge in [-0.2, -0.15) is 0 Å². The molecule has 17 rings (SSSR count). The smallest absolute Gasteiger partial charge is 0.653 e. The van der Waals surface area contributed by atoms with Gasteiger partial charge in [0, 0.05) is 97.4 Å². The van der Waals surface area contributed by atoms with Crippen LogP contribution in [0, 0.1) is 0 Å². The number of hydrogen-bond donors (Lipinski definition) is 0. The van der Waals surface area contributed by atoms with Crippen molar-refractivity contribution in [2.75, 3.05) is 125 Å². The fraction of sp³-hybridized carbons (Fsp3) is 0.235. The third kappa shape index (κ3) is 7.89. The summed E-state index contributed by atoms with van der Waals surface area (Å²) in [5.41, 5.74) is 15.5. The van der Waals surface area contributed by atoms with E-state index in [2.05, 4.69) is 165 Å². The van der Waals surface area contributed by atoms with E-state index in [4.69, 9.17) is 38.9 Å². The number of fused-ring (bicyclic) bond motifs is 4. The largest absolute Gasteiger partial charge is 2.00 e. The van der Waals surface area contributed by atoms with Crippen molar-refractivity contribution >= 4 is 109 Å². The molecule has 13 heteroatoms. The molecular weight excluding hydrogens is 1190 g/mol. The fourth-order valence-electron chi connectivity index (χ4n) is 13.7. The van der Waals surface area contributed by atoms with Crippen LogP contribution in [-0.2, 0) is 40.0 Å². The molecule has 2 aromatic heterocycles. The first-order valence-electron chi connectivity index (χ1n) is 28.5. The van der Waals surface area contributed by atoms with Crippen molar-refractivity contribution in [3.05, 3.63) is 146 Å². The molecule has 0 amide bonds. The summed E-state index contributed by atoms with van der Waals surface area (Å²) in [6, 6.07) is 54.0. The van der Waals surface area contributed by atoms with Crippen molar-refractivity contribution < 1.29 is 40.0 Å². The van der Waals surface area contributed by atoms with Gasteiger partial charge in [0.25, 0.3) is 0 Å². The molecule has 0 atom stereocenters. The van der Waals surface area contributed by atoms with Crippen LogP contribution in [0.5, 0.6) is 0 Å². The van der Waals surface area contributed by atoms with Gasteiger partial charge in [0.15, 0.2) is 0 Å². The normalized spacial score (nSPS) is 16.7. The zero-order chi connectivity index (χ0) is 52.4. The average Bonchev–Trinajstić information content (AvgIpc) is 3.51. The first kappa shape index (κ1) is 49.0. The van der Waals surface area contributed by atoms with E-state index < -0.39 is 0 Å². The van der Waals surface area contributed by atoms with Gasteiger partial charge in [0.05, 0.1) is 75.6 Å². The predicted molar refractivity (Wildman–Crippen MR) is 325 cm³/mol. The summed E-state index contributed by atoms with van der Waals surface area (Å²) in [4.78, 5) is 34.7. The minimum absolute atomic E-state index is 0. The molecule has 0 radical (unpaired) electrons. The molecule has 8 bridgehead atoms. The average molecular weight is 1240 g/mol. The molecule has 10 aromatic rings. The Morgan fingerprint density at radius 3 is 0.691 bits per heavy atom. The van der Waals surface area contributed by atoms with Crippen molar-refractivity contribution in [1.29, 1.82) is 0 Å². The Hall–Kier alpha value is -7.83. The maximum absolute atomic E-state index is 6.20. The van der Waals surface area contributed by atoms with Crippen molar-refractivity contribution in [3.8, 4) is 45.0 Å². The Morgan fingerprint density at radius 1 is 0.284 bits per heavy atom. The van der Waals surface area contributed by atoms with Crippen LogP contribution in [-0.4, -0.2) is 115 Å². The van der Waals surface area contributed by atoms with Gasteiger partial charge in [-0.05, 0) is 113 Å². The molecule has 8 heterocycles. The monoisotopic (exact) mass is 1240 g/mol. The van der Waals surface area contributed by atoms with Gasteiger partial charge in [-0.3, -0.25) is 0 Å². The third-order valence-corrected chi connectivity index (χ3v) is 17.6. The summed E-state index contributed by atoms with van der Waals surface area (Å²) in [6.45, 7) is 10.2. The predicted octanol–water partition coefficient (Wildman–Crippen LogP) is 12.5. The van der Waals surface area contributed by atoms with Crippen LogP contribution < -0.4 is 29.6 Å². The van der Waals surface area contributed by atoms with Crippen molar-refractivity contribution in [1.82, 2.24) is 19.9 Å². The van der Waals surface area contributed by atoms with Gasteiger partial charge < -0.3 is 48.5 Å². The van der Waals surface area contributed by atoms with E-state index in [0.717, 1.165) is 154 Å². The zero-order valence-corrected chi connectivity index (χ0v) is 47.0. The number of morpholine rings is 4. The molecule has 0 unspecified atom stereocenters. The van der Waals surface area contributed by atoms with Crippen LogP contribution in [0.1, 0.15) is 0 Å². The number of benzene rings is 8. The first-order valence-corrected chi connectivity index (χ1v) is 28.5. The summed E-state index contributed by atoms with van der Waals surface area (Å²) in [5.74, 6) is 0. The van der Waals surface area contributed by atoms with E-state index in [1.165, 1.54) is 0 Å². The molecule has 0 spiro atoms. The molecule has 0 saturated carbocycles. The molecular formula is C68H56N8O4Pt. The van der Waals surface area contributed by atoms with E-state index >= 15 is 0 Å². The second-order valence-electron chi connectivity index (χ2n) is 22.0. The SMILES string of the molecule is [Pt+2].c1ccc2cc3c(cc2c1)-c1nc-3c(N2CCOCC2)c2[n-]c(c(N3CCOCC3)c3nc(c(N4CCOCC4)c4[n-]c(c1N1CCOCC1)c1cc5ccccc5cc41)-c1cc4ccccc4cc1-3)c1cc3ccccc3cc21. The van der Waals surface area contributed by atoms with Crippen molar-refractivity contribution in [2.45, 2.75) is 0 Å². The Balaban J connectivity index is 0.00000542. The molecule has 81 heavy (non-hydrogen) atoms. The van der Waals surface area contributed by atoms with E-state index in [1.807, 2.05) is 0 Å². The van der Waals surface area contributed by atoms with E-state index in [-0.39, 0.29) is 21.1 Å². The second kappa shape index (κ2) is 19.7. The first-order chi connectivity index (χ1) is 39.7. The Labute approximate surface area is 482 Å². The molecule has 12 nitrogen and oxygen atoms in total. The van der Waals surface area contributed by atoms with Crippen molar-refractivity contribution in [2.24, 2.45) is 0 Å². The minimum Gasteiger partial charge on any atom is -0.653 e. The van der Waals surface area contributed by atoms with Crippen LogP contribution in [0.3, 0.4) is 0 Å². The molecule has 7 aliphatic rings. The summed E-state index contributed by atoms with van der Waals surface area (Å²) < 4.78 is 24.8. The topological polar surface area (TPSA) is 104 Å². The van der Waals surface area contributed by atoms with E-state index in [0.29, 0.717) is 105 Å². The molecule has 402 valence electrons. The number of hydrogen-bond acceptors (Lipinski definition) is 10. The third-order valence-electron chi connectivity index (χ3n) is 17.6. The number of aromatic nitrogens is 4. The fourth-order valence-corrected chi connectivity index (χ4v) is 13.7. The van der Waals surface area contributed by atoms with Crippen LogP contribution in [0.15, 0.2) is 146 Å². The van der Waals surface area contributed by atoms with Crippen molar-refractivity contribution in [3.63, 3.8) is 0 Å². The molecule has 4 saturated heterocycles. The van der Waals surface area contributed by atoms with Crippen LogP contribution in [0.4, 0.5) is 22.7 Å². The molecule has 4 fully saturated rings. The molecule has 8 aromatic carbocycles. The number of rotatable bonds is 4. The zero-order valence-electron chi connectivity index (χ0n) is 44.7. The van der Waals surface area contributed by atoms with E-state index in [9.17, 15) is 0 Å². The van der Waals surface area contributed by atoms with Gasteiger partial charge >= 0.3 is 21.1 Å². The van der Waals surface area contributed by atoms with Gasteiger partial charge in [0.1, 0.15) is 0 Å². The van der Waals surface area contributed by atoms with Crippen LogP contribution >= 0.6 is 0 Å². The Bertz CT molecular complexity index is 4000. The summed E-state index contributed by atoms with van der Waals surface area (Å²) >= 11 is 0. The summed E-state index contributed by atoms with van der Waals surface area (Å²) in [6.07, 6.45) is 0.